The molecule has 1 aromatic heterocycles. The van der Waals surface area contributed by atoms with Gasteiger partial charge in [-0.05, 0) is 62.1 Å². The summed E-state index contributed by atoms with van der Waals surface area (Å²) in [4.78, 5) is 12.4. The van der Waals surface area contributed by atoms with E-state index in [1.165, 1.54) is 11.1 Å². The van der Waals surface area contributed by atoms with E-state index in [1.54, 1.807) is 6.07 Å². The second-order valence-electron chi connectivity index (χ2n) is 6.15. The van der Waals surface area contributed by atoms with Crippen LogP contribution >= 0.6 is 0 Å². The van der Waals surface area contributed by atoms with Crippen molar-refractivity contribution in [3.8, 4) is 11.3 Å². The normalized spacial score (nSPS) is 10.7. The molecular formula is C20H20N2O2. The number of nitrogens with one attached hydrogen (secondary N) is 1. The number of carbonyl (C=O) groups excluding carboxylic acids is 1. The van der Waals surface area contributed by atoms with Crippen LogP contribution in [0.15, 0.2) is 47.0 Å². The number of nitrogens with zero attached hydrogens (tertiary/aromatic N) is 1. The Balaban J connectivity index is 1.83. The standard InChI is InChI=1S/C20H20N2O2/c1-12-5-6-14(3)17(9-12)21-20(23)18-11-19(24-22-18)16-8-7-13(2)15(4)10-16/h5-11H,1-4H3,(H,21,23). The second-order valence-corrected chi connectivity index (χ2v) is 6.15. The van der Waals surface area contributed by atoms with Gasteiger partial charge in [-0.15, -0.1) is 0 Å². The predicted octanol–water partition coefficient (Wildman–Crippen LogP) is 4.83. The van der Waals surface area contributed by atoms with Crippen molar-refractivity contribution >= 4 is 11.6 Å². The van der Waals surface area contributed by atoms with Crippen LogP contribution in [0.25, 0.3) is 11.3 Å². The molecule has 122 valence electrons. The molecule has 4 heteroatoms. The minimum absolute atomic E-state index is 0.268. The van der Waals surface area contributed by atoms with Gasteiger partial charge in [0.15, 0.2) is 11.5 Å². The van der Waals surface area contributed by atoms with Crippen molar-refractivity contribution in [1.29, 1.82) is 0 Å². The third kappa shape index (κ3) is 3.23. The van der Waals surface area contributed by atoms with Crippen LogP contribution in [0.3, 0.4) is 0 Å². The average molecular weight is 320 g/mol. The molecule has 0 bridgehead atoms. The molecule has 0 saturated carbocycles. The van der Waals surface area contributed by atoms with Gasteiger partial charge in [0, 0.05) is 17.3 Å². The summed E-state index contributed by atoms with van der Waals surface area (Å²) >= 11 is 0. The Hall–Kier alpha value is -2.88. The lowest BCUT2D eigenvalue weighted by molar-refractivity contribution is 0.101. The summed E-state index contributed by atoms with van der Waals surface area (Å²) in [5.41, 5.74) is 6.45. The summed E-state index contributed by atoms with van der Waals surface area (Å²) in [6.45, 7) is 8.05. The quantitative estimate of drug-likeness (QED) is 0.752. The van der Waals surface area contributed by atoms with Crippen molar-refractivity contribution in [2.24, 2.45) is 0 Å². The first-order chi connectivity index (χ1) is 11.4. The molecule has 0 atom stereocenters. The number of aromatic nitrogens is 1. The third-order valence-electron chi connectivity index (χ3n) is 4.18. The lowest BCUT2D eigenvalue weighted by Gasteiger charge is -2.07. The molecule has 1 amide bonds. The van der Waals surface area contributed by atoms with Gasteiger partial charge < -0.3 is 9.84 Å². The minimum atomic E-state index is -0.275. The van der Waals surface area contributed by atoms with E-state index >= 15 is 0 Å². The molecule has 2 aromatic carbocycles. The number of hydrogen-bond donors (Lipinski definition) is 1. The second kappa shape index (κ2) is 6.32. The van der Waals surface area contributed by atoms with E-state index in [-0.39, 0.29) is 11.6 Å². The summed E-state index contributed by atoms with van der Waals surface area (Å²) in [7, 11) is 0. The fourth-order valence-electron chi connectivity index (χ4n) is 2.47. The van der Waals surface area contributed by atoms with E-state index in [0.29, 0.717) is 5.76 Å². The highest BCUT2D eigenvalue weighted by molar-refractivity contribution is 6.03. The molecule has 0 aliphatic heterocycles. The number of benzene rings is 2. The number of rotatable bonds is 3. The Morgan fingerprint density at radius 2 is 1.67 bits per heavy atom. The first kappa shape index (κ1) is 16.0. The van der Waals surface area contributed by atoms with Gasteiger partial charge in [0.2, 0.25) is 0 Å². The van der Waals surface area contributed by atoms with Gasteiger partial charge in [-0.2, -0.15) is 0 Å². The third-order valence-corrected chi connectivity index (χ3v) is 4.18. The molecule has 1 heterocycles. The fourth-order valence-corrected chi connectivity index (χ4v) is 2.47. The van der Waals surface area contributed by atoms with Crippen LogP contribution in [0, 0.1) is 27.7 Å². The zero-order valence-corrected chi connectivity index (χ0v) is 14.3. The summed E-state index contributed by atoms with van der Waals surface area (Å²) in [5, 5.41) is 6.80. The van der Waals surface area contributed by atoms with Crippen LogP contribution in [0.4, 0.5) is 5.69 Å². The largest absolute Gasteiger partial charge is 0.355 e. The summed E-state index contributed by atoms with van der Waals surface area (Å²) in [6, 6.07) is 13.6. The fraction of sp³-hybridized carbons (Fsp3) is 0.200. The van der Waals surface area contributed by atoms with Crippen LogP contribution in [0.2, 0.25) is 0 Å². The Bertz CT molecular complexity index is 910. The molecule has 0 spiro atoms. The van der Waals surface area contributed by atoms with E-state index < -0.39 is 0 Å². The molecule has 0 radical (unpaired) electrons. The van der Waals surface area contributed by atoms with Crippen molar-refractivity contribution in [3.63, 3.8) is 0 Å². The Kier molecular flexibility index (Phi) is 4.21. The highest BCUT2D eigenvalue weighted by atomic mass is 16.5. The van der Waals surface area contributed by atoms with Crippen molar-refractivity contribution in [2.75, 3.05) is 5.32 Å². The monoisotopic (exact) mass is 320 g/mol. The molecular weight excluding hydrogens is 300 g/mol. The van der Waals surface area contributed by atoms with E-state index in [4.69, 9.17) is 4.52 Å². The van der Waals surface area contributed by atoms with Crippen LogP contribution in [0.5, 0.6) is 0 Å². The molecule has 0 fully saturated rings. The van der Waals surface area contributed by atoms with E-state index in [2.05, 4.69) is 17.4 Å². The first-order valence-electron chi connectivity index (χ1n) is 7.87. The van der Waals surface area contributed by atoms with Gasteiger partial charge in [-0.25, -0.2) is 0 Å². The number of amides is 1. The van der Waals surface area contributed by atoms with Crippen LogP contribution in [0.1, 0.15) is 32.7 Å². The van der Waals surface area contributed by atoms with Crippen LogP contribution in [-0.2, 0) is 0 Å². The van der Waals surface area contributed by atoms with Gasteiger partial charge in [0.25, 0.3) is 5.91 Å². The van der Waals surface area contributed by atoms with E-state index in [1.807, 2.05) is 57.2 Å². The minimum Gasteiger partial charge on any atom is -0.355 e. The van der Waals surface area contributed by atoms with Gasteiger partial charge in [-0.1, -0.05) is 29.4 Å². The van der Waals surface area contributed by atoms with Gasteiger partial charge in [-0.3, -0.25) is 4.79 Å². The van der Waals surface area contributed by atoms with Crippen LogP contribution < -0.4 is 5.32 Å². The molecule has 24 heavy (non-hydrogen) atoms. The lowest BCUT2D eigenvalue weighted by atomic mass is 10.0. The lowest BCUT2D eigenvalue weighted by Crippen LogP contribution is -2.13. The number of anilines is 1. The number of carbonyl (C=O) groups is 1. The zero-order chi connectivity index (χ0) is 17.3. The van der Waals surface area contributed by atoms with Crippen LogP contribution in [-0.4, -0.2) is 11.1 Å². The molecule has 0 saturated heterocycles. The van der Waals surface area contributed by atoms with Crippen molar-refractivity contribution in [1.82, 2.24) is 5.16 Å². The molecule has 1 N–H and O–H groups in total. The molecule has 0 aliphatic rings. The SMILES string of the molecule is Cc1ccc(C)c(NC(=O)c2cc(-c3ccc(C)c(C)c3)on2)c1. The van der Waals surface area contributed by atoms with Gasteiger partial charge >= 0.3 is 0 Å². The number of aryl methyl sites for hydroxylation is 4. The Morgan fingerprint density at radius 3 is 2.42 bits per heavy atom. The van der Waals surface area contributed by atoms with Crippen molar-refractivity contribution in [2.45, 2.75) is 27.7 Å². The van der Waals surface area contributed by atoms with E-state index in [9.17, 15) is 4.79 Å². The highest BCUT2D eigenvalue weighted by Crippen LogP contribution is 2.24. The Morgan fingerprint density at radius 1 is 0.917 bits per heavy atom. The average Bonchev–Trinajstić information content (AvgIpc) is 3.03. The maximum Gasteiger partial charge on any atom is 0.277 e. The first-order valence-corrected chi connectivity index (χ1v) is 7.87. The maximum atomic E-state index is 12.4. The summed E-state index contributed by atoms with van der Waals surface area (Å²) < 4.78 is 5.35. The number of hydrogen-bond acceptors (Lipinski definition) is 3. The summed E-state index contributed by atoms with van der Waals surface area (Å²) in [5.74, 6) is 0.312. The van der Waals surface area contributed by atoms with Crippen molar-refractivity contribution in [3.05, 3.63) is 70.4 Å². The van der Waals surface area contributed by atoms with Crippen molar-refractivity contribution < 1.29 is 9.32 Å². The van der Waals surface area contributed by atoms with Gasteiger partial charge in [0.05, 0.1) is 0 Å². The molecule has 4 nitrogen and oxygen atoms in total. The highest BCUT2D eigenvalue weighted by Gasteiger charge is 2.15. The maximum absolute atomic E-state index is 12.4. The van der Waals surface area contributed by atoms with E-state index in [0.717, 1.165) is 22.4 Å². The molecule has 3 rings (SSSR count). The zero-order valence-electron chi connectivity index (χ0n) is 14.3. The molecule has 3 aromatic rings. The molecule has 0 aliphatic carbocycles. The van der Waals surface area contributed by atoms with Gasteiger partial charge in [0.1, 0.15) is 0 Å². The molecule has 0 unspecified atom stereocenters. The topological polar surface area (TPSA) is 55.1 Å². The predicted molar refractivity (Wildman–Crippen MR) is 95.3 cm³/mol. The smallest absolute Gasteiger partial charge is 0.277 e. The Labute approximate surface area is 141 Å². The summed E-state index contributed by atoms with van der Waals surface area (Å²) in [6.07, 6.45) is 0.